The van der Waals surface area contributed by atoms with Crippen LogP contribution in [0.15, 0.2) is 72.1 Å². The molecule has 0 bridgehead atoms. The van der Waals surface area contributed by atoms with Gasteiger partial charge in [-0.3, -0.25) is 4.79 Å². The van der Waals surface area contributed by atoms with Crippen LogP contribution in [0.3, 0.4) is 0 Å². The first-order valence-corrected chi connectivity index (χ1v) is 12.1. The number of halogens is 2. The molecule has 0 saturated carbocycles. The second-order valence-electron chi connectivity index (χ2n) is 7.39. The molecule has 1 N–H and O–H groups in total. The van der Waals surface area contributed by atoms with E-state index in [9.17, 15) is 13.2 Å². The van der Waals surface area contributed by atoms with E-state index in [1.807, 2.05) is 17.6 Å². The number of sulfonamides is 1. The molecule has 0 fully saturated rings. The van der Waals surface area contributed by atoms with Gasteiger partial charge in [0.25, 0.3) is 15.9 Å². The van der Waals surface area contributed by atoms with E-state index < -0.39 is 15.9 Å². The normalized spacial score (nSPS) is 11.5. The van der Waals surface area contributed by atoms with Crippen molar-refractivity contribution in [2.24, 2.45) is 0 Å². The molecule has 0 spiro atoms. The number of imidazole rings is 1. The summed E-state index contributed by atoms with van der Waals surface area (Å²) in [5.41, 5.74) is 3.16. The van der Waals surface area contributed by atoms with Gasteiger partial charge in [0.2, 0.25) is 0 Å². The number of aromatic nitrogens is 2. The highest BCUT2D eigenvalue weighted by molar-refractivity contribution is 7.90. The summed E-state index contributed by atoms with van der Waals surface area (Å²) in [5.74, 6) is -0.0110. The van der Waals surface area contributed by atoms with Crippen LogP contribution in [0.1, 0.15) is 27.3 Å². The minimum Gasteiger partial charge on any atom is -0.324 e. The molecular formula is C24H19Cl2N3O3S. The summed E-state index contributed by atoms with van der Waals surface area (Å²) in [5, 5.41) is 1.06. The first-order valence-electron chi connectivity index (χ1n) is 9.88. The Labute approximate surface area is 201 Å². The maximum absolute atomic E-state index is 12.8. The Bertz CT molecular complexity index is 1490. The van der Waals surface area contributed by atoms with Crippen LogP contribution in [-0.2, 0) is 16.6 Å². The molecule has 6 nitrogen and oxygen atoms in total. The first kappa shape index (κ1) is 23.0. The molecule has 1 aromatic heterocycles. The summed E-state index contributed by atoms with van der Waals surface area (Å²) in [4.78, 5) is 17.3. The highest BCUT2D eigenvalue weighted by Gasteiger charge is 2.20. The molecular weight excluding hydrogens is 481 g/mol. The zero-order valence-corrected chi connectivity index (χ0v) is 19.9. The standard InChI is InChI=1S/C24H19Cl2N3O3S/c1-3-16-4-9-20(10-5-16)33(31,32)28-24(30)17-7-11-22-23(12-17)29(15(2)27-22)14-18-6-8-19(25)13-21(18)26/h3-13H,1,14H2,2H3,(H,28,30). The van der Waals surface area contributed by atoms with Crippen LogP contribution < -0.4 is 4.72 Å². The summed E-state index contributed by atoms with van der Waals surface area (Å²) >= 11 is 12.3. The van der Waals surface area contributed by atoms with E-state index in [4.69, 9.17) is 23.2 Å². The third-order valence-electron chi connectivity index (χ3n) is 5.20. The first-order chi connectivity index (χ1) is 15.7. The zero-order chi connectivity index (χ0) is 23.8. The SMILES string of the molecule is C=Cc1ccc(S(=O)(=O)NC(=O)c2ccc3nc(C)n(Cc4ccc(Cl)cc4Cl)c3c2)cc1. The molecule has 0 atom stereocenters. The number of fused-ring (bicyclic) bond motifs is 1. The van der Waals surface area contributed by atoms with Crippen molar-refractivity contribution in [3.8, 4) is 0 Å². The Morgan fingerprint density at radius 1 is 1.09 bits per heavy atom. The average Bonchev–Trinajstić information content (AvgIpc) is 3.09. The van der Waals surface area contributed by atoms with Crippen LogP contribution in [0.5, 0.6) is 0 Å². The number of benzene rings is 3. The van der Waals surface area contributed by atoms with Crippen LogP contribution >= 0.6 is 23.2 Å². The lowest BCUT2D eigenvalue weighted by Gasteiger charge is -2.10. The van der Waals surface area contributed by atoms with Crippen molar-refractivity contribution >= 4 is 56.2 Å². The van der Waals surface area contributed by atoms with E-state index in [1.165, 1.54) is 12.1 Å². The summed E-state index contributed by atoms with van der Waals surface area (Å²) in [6.07, 6.45) is 1.60. The average molecular weight is 500 g/mol. The minimum atomic E-state index is -4.04. The topological polar surface area (TPSA) is 81.1 Å². The molecule has 168 valence electrons. The van der Waals surface area contributed by atoms with Gasteiger partial charge in [0.05, 0.1) is 22.5 Å². The fourth-order valence-electron chi connectivity index (χ4n) is 3.43. The van der Waals surface area contributed by atoms with Crippen LogP contribution in [0, 0.1) is 6.92 Å². The smallest absolute Gasteiger partial charge is 0.265 e. The van der Waals surface area contributed by atoms with Crippen molar-refractivity contribution in [2.75, 3.05) is 0 Å². The molecule has 4 rings (SSSR count). The number of hydrogen-bond donors (Lipinski definition) is 1. The Morgan fingerprint density at radius 3 is 2.48 bits per heavy atom. The van der Waals surface area contributed by atoms with Gasteiger partial charge in [0, 0.05) is 15.6 Å². The van der Waals surface area contributed by atoms with Gasteiger partial charge >= 0.3 is 0 Å². The minimum absolute atomic E-state index is 0.0132. The lowest BCUT2D eigenvalue weighted by molar-refractivity contribution is 0.0981. The van der Waals surface area contributed by atoms with E-state index in [0.717, 1.165) is 17.0 Å². The third-order valence-corrected chi connectivity index (χ3v) is 7.13. The van der Waals surface area contributed by atoms with Gasteiger partial charge in [0.15, 0.2) is 0 Å². The summed E-state index contributed by atoms with van der Waals surface area (Å²) in [7, 11) is -4.04. The Kier molecular flexibility index (Phi) is 6.30. The van der Waals surface area contributed by atoms with Gasteiger partial charge in [-0.1, -0.05) is 54.1 Å². The van der Waals surface area contributed by atoms with Crippen molar-refractivity contribution in [1.29, 1.82) is 0 Å². The van der Waals surface area contributed by atoms with Crippen LogP contribution in [0.25, 0.3) is 17.1 Å². The van der Waals surface area contributed by atoms with Gasteiger partial charge in [0.1, 0.15) is 5.82 Å². The van der Waals surface area contributed by atoms with Crippen molar-refractivity contribution in [2.45, 2.75) is 18.4 Å². The Balaban J connectivity index is 1.65. The molecule has 0 radical (unpaired) electrons. The second-order valence-corrected chi connectivity index (χ2v) is 9.92. The molecule has 3 aromatic carbocycles. The lowest BCUT2D eigenvalue weighted by Crippen LogP contribution is -2.30. The van der Waals surface area contributed by atoms with E-state index in [2.05, 4.69) is 16.3 Å². The highest BCUT2D eigenvalue weighted by Crippen LogP contribution is 2.25. The molecule has 4 aromatic rings. The largest absolute Gasteiger partial charge is 0.324 e. The second kappa shape index (κ2) is 9.02. The van der Waals surface area contributed by atoms with Gasteiger partial charge in [-0.05, 0) is 60.5 Å². The molecule has 0 aliphatic carbocycles. The number of nitrogens with one attached hydrogen (secondary N) is 1. The number of nitrogens with zero attached hydrogens (tertiary/aromatic N) is 2. The third kappa shape index (κ3) is 4.80. The van der Waals surface area contributed by atoms with E-state index in [1.54, 1.807) is 48.5 Å². The fraction of sp³-hybridized carbons (Fsp3) is 0.0833. The van der Waals surface area contributed by atoms with Gasteiger partial charge in [-0.15, -0.1) is 0 Å². The fourth-order valence-corrected chi connectivity index (χ4v) is 4.87. The van der Waals surface area contributed by atoms with Crippen molar-refractivity contribution in [1.82, 2.24) is 14.3 Å². The predicted molar refractivity (Wildman–Crippen MR) is 131 cm³/mol. The van der Waals surface area contributed by atoms with Crippen LogP contribution in [0.4, 0.5) is 0 Å². The van der Waals surface area contributed by atoms with E-state index in [0.29, 0.717) is 27.6 Å². The Morgan fingerprint density at radius 2 is 1.82 bits per heavy atom. The molecule has 1 heterocycles. The monoisotopic (exact) mass is 499 g/mol. The summed E-state index contributed by atoms with van der Waals surface area (Å²) in [6, 6.07) is 16.2. The number of carbonyl (C=O) groups excluding carboxylic acids is 1. The van der Waals surface area contributed by atoms with Crippen molar-refractivity contribution in [3.63, 3.8) is 0 Å². The van der Waals surface area contributed by atoms with E-state index >= 15 is 0 Å². The zero-order valence-electron chi connectivity index (χ0n) is 17.5. The van der Waals surface area contributed by atoms with Gasteiger partial charge in [-0.2, -0.15) is 0 Å². The number of aryl methyl sites for hydroxylation is 1. The quantitative estimate of drug-likeness (QED) is 0.381. The molecule has 33 heavy (non-hydrogen) atoms. The van der Waals surface area contributed by atoms with E-state index in [-0.39, 0.29) is 10.5 Å². The predicted octanol–water partition coefficient (Wildman–Crippen LogP) is 5.46. The van der Waals surface area contributed by atoms with Gasteiger partial charge in [-0.25, -0.2) is 18.1 Å². The number of hydrogen-bond acceptors (Lipinski definition) is 4. The number of amides is 1. The van der Waals surface area contributed by atoms with Crippen LogP contribution in [-0.4, -0.2) is 23.9 Å². The van der Waals surface area contributed by atoms with Gasteiger partial charge < -0.3 is 4.57 Å². The maximum Gasteiger partial charge on any atom is 0.265 e. The lowest BCUT2D eigenvalue weighted by atomic mass is 10.2. The van der Waals surface area contributed by atoms with Crippen molar-refractivity contribution < 1.29 is 13.2 Å². The Hall–Kier alpha value is -3.13. The molecule has 1 amide bonds. The summed E-state index contributed by atoms with van der Waals surface area (Å²) < 4.78 is 29.3. The summed E-state index contributed by atoms with van der Waals surface area (Å²) in [6.45, 7) is 5.90. The molecule has 0 saturated heterocycles. The molecule has 0 aliphatic rings. The number of rotatable bonds is 6. The molecule has 0 aliphatic heterocycles. The van der Waals surface area contributed by atoms with Crippen molar-refractivity contribution in [3.05, 3.63) is 99.8 Å². The highest BCUT2D eigenvalue weighted by atomic mass is 35.5. The molecule has 9 heteroatoms. The van der Waals surface area contributed by atoms with Crippen LogP contribution in [0.2, 0.25) is 10.0 Å². The molecule has 0 unspecified atom stereocenters. The number of carbonyl (C=O) groups is 1. The maximum atomic E-state index is 12.8.